The van der Waals surface area contributed by atoms with Crippen LogP contribution in [-0.4, -0.2) is 11.8 Å². The Morgan fingerprint density at radius 1 is 0.926 bits per heavy atom. The zero-order valence-electron chi connectivity index (χ0n) is 14.9. The summed E-state index contributed by atoms with van der Waals surface area (Å²) >= 11 is 1.50. The lowest BCUT2D eigenvalue weighted by atomic mass is 10.1. The van der Waals surface area contributed by atoms with E-state index in [2.05, 4.69) is 10.6 Å². The Labute approximate surface area is 162 Å². The van der Waals surface area contributed by atoms with E-state index in [1.54, 1.807) is 30.3 Å². The molecule has 2 amide bonds. The Morgan fingerprint density at radius 3 is 2.22 bits per heavy atom. The molecule has 0 aliphatic heterocycles. The molecular weight excluding hydrogens is 356 g/mol. The topological polar surface area (TPSA) is 58.2 Å². The van der Waals surface area contributed by atoms with Gasteiger partial charge in [0.05, 0.1) is 6.04 Å². The molecule has 4 nitrogen and oxygen atoms in total. The van der Waals surface area contributed by atoms with Gasteiger partial charge in [-0.25, -0.2) is 0 Å². The van der Waals surface area contributed by atoms with Crippen LogP contribution in [0.2, 0.25) is 0 Å². The van der Waals surface area contributed by atoms with Crippen LogP contribution in [-0.2, 0) is 4.79 Å². The second kappa shape index (κ2) is 8.96. The molecular formula is C22H20N2O2S. The fraction of sp³-hybridized carbons (Fsp3) is 0.0909. The van der Waals surface area contributed by atoms with Crippen LogP contribution < -0.4 is 10.6 Å². The van der Waals surface area contributed by atoms with Gasteiger partial charge < -0.3 is 10.6 Å². The predicted molar refractivity (Wildman–Crippen MR) is 109 cm³/mol. The first-order chi connectivity index (χ1) is 13.1. The molecule has 5 heteroatoms. The van der Waals surface area contributed by atoms with E-state index in [1.807, 2.05) is 60.8 Å². The maximum atomic E-state index is 12.8. The van der Waals surface area contributed by atoms with Crippen LogP contribution in [0, 0.1) is 0 Å². The molecule has 136 valence electrons. The first-order valence-electron chi connectivity index (χ1n) is 8.61. The van der Waals surface area contributed by atoms with E-state index in [0.717, 1.165) is 10.4 Å². The molecule has 0 radical (unpaired) electrons. The molecule has 3 aromatic rings. The molecule has 0 aliphatic carbocycles. The Kier molecular flexibility index (Phi) is 6.18. The number of carbonyl (C=O) groups is 2. The lowest BCUT2D eigenvalue weighted by Gasteiger charge is -2.16. The molecule has 0 aliphatic rings. The number of hydrogen-bond donors (Lipinski definition) is 2. The fourth-order valence-electron chi connectivity index (χ4n) is 2.56. The first kappa shape index (κ1) is 18.6. The smallest absolute Gasteiger partial charge is 0.268 e. The quantitative estimate of drug-likeness (QED) is 0.627. The Hall–Kier alpha value is -3.18. The van der Waals surface area contributed by atoms with Gasteiger partial charge in [0, 0.05) is 10.4 Å². The number of benzene rings is 2. The van der Waals surface area contributed by atoms with E-state index in [-0.39, 0.29) is 23.6 Å². The highest BCUT2D eigenvalue weighted by Gasteiger charge is 2.17. The Morgan fingerprint density at radius 2 is 1.59 bits per heavy atom. The molecule has 0 saturated carbocycles. The van der Waals surface area contributed by atoms with E-state index < -0.39 is 0 Å². The zero-order chi connectivity index (χ0) is 19.1. The molecule has 2 aromatic carbocycles. The van der Waals surface area contributed by atoms with Gasteiger partial charge in [0.2, 0.25) is 0 Å². The maximum absolute atomic E-state index is 12.8. The molecule has 0 bridgehead atoms. The molecule has 2 N–H and O–H groups in total. The molecule has 0 spiro atoms. The summed E-state index contributed by atoms with van der Waals surface area (Å²) in [7, 11) is 0. The summed E-state index contributed by atoms with van der Waals surface area (Å²) in [5.41, 5.74) is 1.71. The van der Waals surface area contributed by atoms with Gasteiger partial charge >= 0.3 is 0 Å². The lowest BCUT2D eigenvalue weighted by Crippen LogP contribution is -2.36. The van der Waals surface area contributed by atoms with Crippen molar-refractivity contribution in [1.29, 1.82) is 0 Å². The average Bonchev–Trinajstić information content (AvgIpc) is 3.22. The number of thiophene rings is 1. The van der Waals surface area contributed by atoms with Gasteiger partial charge in [0.15, 0.2) is 0 Å². The molecule has 1 aromatic heterocycles. The monoisotopic (exact) mass is 376 g/mol. The van der Waals surface area contributed by atoms with Gasteiger partial charge in [0.1, 0.15) is 5.70 Å². The molecule has 1 unspecified atom stereocenters. The standard InChI is InChI=1S/C22H20N2O2S/c1-16(17-9-4-2-5-10-17)23-22(26)20(15-19-13-8-14-27-19)24-21(25)18-11-6-3-7-12-18/h2-16H,1H3,(H,23,26)(H,24,25). The molecule has 0 fully saturated rings. The third kappa shape index (κ3) is 5.15. The summed E-state index contributed by atoms with van der Waals surface area (Å²) in [5, 5.41) is 7.62. The van der Waals surface area contributed by atoms with Crippen LogP contribution in [0.4, 0.5) is 0 Å². The Bertz CT molecular complexity index is 919. The van der Waals surface area contributed by atoms with Gasteiger partial charge in [0.25, 0.3) is 11.8 Å². The average molecular weight is 376 g/mol. The summed E-state index contributed by atoms with van der Waals surface area (Å²) < 4.78 is 0. The molecule has 1 atom stereocenters. The third-order valence-corrected chi connectivity index (χ3v) is 4.83. The minimum atomic E-state index is -0.330. The minimum absolute atomic E-state index is 0.181. The van der Waals surface area contributed by atoms with Crippen molar-refractivity contribution in [2.24, 2.45) is 0 Å². The second-order valence-corrected chi connectivity index (χ2v) is 6.98. The summed E-state index contributed by atoms with van der Waals surface area (Å²) in [5.74, 6) is -0.648. The van der Waals surface area contributed by atoms with Gasteiger partial charge in [-0.05, 0) is 42.1 Å². The number of nitrogens with one attached hydrogen (secondary N) is 2. The number of amides is 2. The van der Waals surface area contributed by atoms with Gasteiger partial charge in [-0.1, -0.05) is 54.6 Å². The first-order valence-corrected chi connectivity index (χ1v) is 9.49. The summed E-state index contributed by atoms with van der Waals surface area (Å²) in [6.07, 6.45) is 1.69. The van der Waals surface area contributed by atoms with Crippen LogP contribution in [0.3, 0.4) is 0 Å². The SMILES string of the molecule is CC(NC(=O)C(=Cc1cccs1)NC(=O)c1ccccc1)c1ccccc1. The largest absolute Gasteiger partial charge is 0.344 e. The molecule has 27 heavy (non-hydrogen) atoms. The van der Waals surface area contributed by atoms with E-state index >= 15 is 0 Å². The summed E-state index contributed by atoms with van der Waals surface area (Å²) in [6, 6.07) is 22.1. The minimum Gasteiger partial charge on any atom is -0.344 e. The van der Waals surface area contributed by atoms with Crippen LogP contribution in [0.5, 0.6) is 0 Å². The van der Waals surface area contributed by atoms with Crippen LogP contribution >= 0.6 is 11.3 Å². The van der Waals surface area contributed by atoms with Crippen molar-refractivity contribution < 1.29 is 9.59 Å². The van der Waals surface area contributed by atoms with Gasteiger partial charge in [-0.15, -0.1) is 11.3 Å². The summed E-state index contributed by atoms with van der Waals surface area (Å²) in [4.78, 5) is 26.2. The number of carbonyl (C=O) groups excluding carboxylic acids is 2. The molecule has 0 saturated heterocycles. The van der Waals surface area contributed by atoms with E-state index in [9.17, 15) is 9.59 Å². The molecule has 3 rings (SSSR count). The van der Waals surface area contributed by atoms with Crippen molar-refractivity contribution in [3.63, 3.8) is 0 Å². The summed E-state index contributed by atoms with van der Waals surface area (Å²) in [6.45, 7) is 1.91. The second-order valence-electron chi connectivity index (χ2n) is 6.00. The zero-order valence-corrected chi connectivity index (χ0v) is 15.7. The van der Waals surface area contributed by atoms with Crippen molar-refractivity contribution in [2.45, 2.75) is 13.0 Å². The predicted octanol–water partition coefficient (Wildman–Crippen LogP) is 4.40. The van der Waals surface area contributed by atoms with E-state index in [0.29, 0.717) is 5.56 Å². The van der Waals surface area contributed by atoms with Crippen molar-refractivity contribution in [3.05, 3.63) is 99.9 Å². The maximum Gasteiger partial charge on any atom is 0.268 e. The fourth-order valence-corrected chi connectivity index (χ4v) is 3.21. The Balaban J connectivity index is 1.79. The third-order valence-electron chi connectivity index (χ3n) is 4.01. The molecule has 1 heterocycles. The van der Waals surface area contributed by atoms with Crippen molar-refractivity contribution >= 4 is 29.2 Å². The van der Waals surface area contributed by atoms with E-state index in [4.69, 9.17) is 0 Å². The highest BCUT2D eigenvalue weighted by Crippen LogP contribution is 2.15. The van der Waals surface area contributed by atoms with Gasteiger partial charge in [-0.2, -0.15) is 0 Å². The van der Waals surface area contributed by atoms with E-state index in [1.165, 1.54) is 11.3 Å². The van der Waals surface area contributed by atoms with Crippen molar-refractivity contribution in [3.8, 4) is 0 Å². The van der Waals surface area contributed by atoms with Crippen LogP contribution in [0.1, 0.15) is 33.8 Å². The van der Waals surface area contributed by atoms with Crippen LogP contribution in [0.15, 0.2) is 83.9 Å². The normalized spacial score (nSPS) is 12.3. The highest BCUT2D eigenvalue weighted by molar-refractivity contribution is 7.10. The number of rotatable bonds is 6. The number of hydrogen-bond acceptors (Lipinski definition) is 3. The van der Waals surface area contributed by atoms with Gasteiger partial charge in [-0.3, -0.25) is 9.59 Å². The van der Waals surface area contributed by atoms with Crippen molar-refractivity contribution in [1.82, 2.24) is 10.6 Å². The highest BCUT2D eigenvalue weighted by atomic mass is 32.1. The van der Waals surface area contributed by atoms with Crippen molar-refractivity contribution in [2.75, 3.05) is 0 Å². The van der Waals surface area contributed by atoms with Crippen LogP contribution in [0.25, 0.3) is 6.08 Å². The lowest BCUT2D eigenvalue weighted by molar-refractivity contribution is -0.118.